The molecule has 180 valence electrons. The van der Waals surface area contributed by atoms with Crippen LogP contribution < -0.4 is 9.64 Å². The smallest absolute Gasteiger partial charge is 0.305 e. The number of halogens is 1. The first-order valence-corrected chi connectivity index (χ1v) is 11.5. The number of pyridine rings is 1. The van der Waals surface area contributed by atoms with Crippen molar-refractivity contribution >= 4 is 17.6 Å². The third kappa shape index (κ3) is 4.81. The van der Waals surface area contributed by atoms with Crippen LogP contribution in [0.3, 0.4) is 0 Å². The second-order valence-corrected chi connectivity index (χ2v) is 8.66. The highest BCUT2D eigenvalue weighted by Gasteiger charge is 2.26. The van der Waals surface area contributed by atoms with Crippen molar-refractivity contribution in [2.75, 3.05) is 18.1 Å². The molecule has 1 aromatic heterocycles. The van der Waals surface area contributed by atoms with Crippen molar-refractivity contribution in [1.29, 1.82) is 0 Å². The van der Waals surface area contributed by atoms with Crippen molar-refractivity contribution in [2.45, 2.75) is 13.3 Å². The molecule has 1 aliphatic heterocycles. The van der Waals surface area contributed by atoms with Crippen LogP contribution in [0, 0.1) is 12.7 Å². The molecule has 3 aromatic carbocycles. The largest absolute Gasteiger partial charge is 0.482 e. The third-order valence-electron chi connectivity index (χ3n) is 6.10. The van der Waals surface area contributed by atoms with E-state index in [1.54, 1.807) is 24.3 Å². The van der Waals surface area contributed by atoms with Gasteiger partial charge >= 0.3 is 5.97 Å². The summed E-state index contributed by atoms with van der Waals surface area (Å²) < 4.78 is 19.2. The Morgan fingerprint density at radius 3 is 2.25 bits per heavy atom. The Labute approximate surface area is 207 Å². The number of benzene rings is 3. The second-order valence-electron chi connectivity index (χ2n) is 8.66. The highest BCUT2D eigenvalue weighted by Crippen LogP contribution is 2.37. The third-order valence-corrected chi connectivity index (χ3v) is 6.10. The lowest BCUT2D eigenvalue weighted by atomic mass is 9.99. The molecule has 7 heteroatoms. The number of carbonyl (C=O) groups excluding carboxylic acids is 1. The summed E-state index contributed by atoms with van der Waals surface area (Å²) in [5, 5.41) is 9.12. The van der Waals surface area contributed by atoms with Gasteiger partial charge in [-0.2, -0.15) is 0 Å². The van der Waals surface area contributed by atoms with Crippen molar-refractivity contribution < 1.29 is 23.8 Å². The maximum Gasteiger partial charge on any atom is 0.305 e. The average molecular weight is 483 g/mol. The minimum atomic E-state index is -0.983. The number of fused-ring (bicyclic) bond motifs is 1. The average Bonchev–Trinajstić information content (AvgIpc) is 2.88. The standard InChI is InChI=1S/C29H23FN2O4/c1-18-2-4-20(5-3-18)24-14-22(19-6-9-23(30)10-7-19)15-25(31-24)21-8-11-27-26(16-21)32(13-12-29(34)35)28(33)17-36-27/h2-11,14-16H,12-13,17H2,1H3,(H,34,35). The fraction of sp³-hybridized carbons (Fsp3) is 0.138. The molecule has 0 radical (unpaired) electrons. The van der Waals surface area contributed by atoms with E-state index >= 15 is 0 Å². The first-order valence-electron chi connectivity index (χ1n) is 11.5. The molecule has 0 fully saturated rings. The van der Waals surface area contributed by atoms with E-state index < -0.39 is 5.97 Å². The van der Waals surface area contributed by atoms with Crippen molar-refractivity contribution in [2.24, 2.45) is 0 Å². The van der Waals surface area contributed by atoms with Gasteiger partial charge in [-0.05, 0) is 60.5 Å². The number of rotatable bonds is 6. The molecular formula is C29H23FN2O4. The number of hydrogen-bond donors (Lipinski definition) is 1. The number of aromatic nitrogens is 1. The van der Waals surface area contributed by atoms with Gasteiger partial charge in [-0.25, -0.2) is 9.37 Å². The van der Waals surface area contributed by atoms with Crippen LogP contribution in [-0.2, 0) is 9.59 Å². The molecule has 0 saturated carbocycles. The van der Waals surface area contributed by atoms with E-state index in [2.05, 4.69) is 0 Å². The second kappa shape index (κ2) is 9.62. The predicted octanol–water partition coefficient (Wildman–Crippen LogP) is 5.73. The number of nitrogens with zero attached hydrogens (tertiary/aromatic N) is 2. The molecule has 0 bridgehead atoms. The molecule has 2 heterocycles. The van der Waals surface area contributed by atoms with E-state index in [4.69, 9.17) is 14.8 Å². The molecule has 6 nitrogen and oxygen atoms in total. The van der Waals surface area contributed by atoms with E-state index in [1.807, 2.05) is 49.4 Å². The number of anilines is 1. The van der Waals surface area contributed by atoms with Crippen LogP contribution in [0.5, 0.6) is 5.75 Å². The summed E-state index contributed by atoms with van der Waals surface area (Å²) in [5.41, 5.74) is 6.43. The number of aliphatic carboxylic acids is 1. The molecule has 1 N–H and O–H groups in total. The number of ether oxygens (including phenoxy) is 1. The molecule has 0 spiro atoms. The topological polar surface area (TPSA) is 79.7 Å². The monoisotopic (exact) mass is 482 g/mol. The van der Waals surface area contributed by atoms with Crippen LogP contribution in [0.1, 0.15) is 12.0 Å². The Morgan fingerprint density at radius 1 is 0.917 bits per heavy atom. The maximum absolute atomic E-state index is 13.6. The summed E-state index contributed by atoms with van der Waals surface area (Å²) >= 11 is 0. The van der Waals surface area contributed by atoms with E-state index in [-0.39, 0.29) is 31.3 Å². The Balaban J connectivity index is 1.63. The fourth-order valence-corrected chi connectivity index (χ4v) is 4.17. The van der Waals surface area contributed by atoms with E-state index in [1.165, 1.54) is 17.0 Å². The maximum atomic E-state index is 13.6. The molecule has 0 atom stereocenters. The first-order chi connectivity index (χ1) is 17.4. The lowest BCUT2D eigenvalue weighted by Crippen LogP contribution is -2.40. The van der Waals surface area contributed by atoms with Gasteiger partial charge in [0.25, 0.3) is 5.91 Å². The van der Waals surface area contributed by atoms with Crippen molar-refractivity contribution in [3.05, 3.63) is 90.2 Å². The zero-order valence-electron chi connectivity index (χ0n) is 19.6. The lowest BCUT2D eigenvalue weighted by Gasteiger charge is -2.29. The highest BCUT2D eigenvalue weighted by atomic mass is 19.1. The zero-order valence-corrected chi connectivity index (χ0v) is 19.6. The molecule has 1 amide bonds. The molecule has 0 unspecified atom stereocenters. The van der Waals surface area contributed by atoms with Crippen LogP contribution >= 0.6 is 0 Å². The van der Waals surface area contributed by atoms with Gasteiger partial charge in [0.2, 0.25) is 0 Å². The number of hydrogen-bond acceptors (Lipinski definition) is 4. The molecule has 0 saturated heterocycles. The van der Waals surface area contributed by atoms with Gasteiger partial charge in [0.1, 0.15) is 11.6 Å². The van der Waals surface area contributed by atoms with Crippen molar-refractivity contribution in [3.8, 4) is 39.4 Å². The van der Waals surface area contributed by atoms with Crippen LogP contribution in [0.2, 0.25) is 0 Å². The minimum Gasteiger partial charge on any atom is -0.482 e. The summed E-state index contributed by atoms with van der Waals surface area (Å²) in [6, 6.07) is 23.6. The molecule has 0 aliphatic carbocycles. The summed E-state index contributed by atoms with van der Waals surface area (Å²) in [4.78, 5) is 30.0. The molecule has 4 aromatic rings. The minimum absolute atomic E-state index is 0.0473. The molecular weight excluding hydrogens is 459 g/mol. The molecule has 5 rings (SSSR count). The first kappa shape index (κ1) is 23.2. The SMILES string of the molecule is Cc1ccc(-c2cc(-c3ccc(F)cc3)cc(-c3ccc4c(c3)N(CCC(=O)O)C(=O)CO4)n2)cc1. The van der Waals surface area contributed by atoms with Crippen LogP contribution in [0.4, 0.5) is 10.1 Å². The van der Waals surface area contributed by atoms with Crippen LogP contribution in [0.15, 0.2) is 78.9 Å². The van der Waals surface area contributed by atoms with Gasteiger partial charge in [-0.15, -0.1) is 0 Å². The summed E-state index contributed by atoms with van der Waals surface area (Å²) in [6.45, 7) is 1.93. The Morgan fingerprint density at radius 2 is 1.56 bits per heavy atom. The van der Waals surface area contributed by atoms with Gasteiger partial charge < -0.3 is 14.7 Å². The zero-order chi connectivity index (χ0) is 25.2. The lowest BCUT2D eigenvalue weighted by molar-refractivity contribution is -0.136. The number of carboxylic acids is 1. The Bertz CT molecular complexity index is 1390. The number of carboxylic acid groups (broad SMARTS) is 1. The summed E-state index contributed by atoms with van der Waals surface area (Å²) in [7, 11) is 0. The van der Waals surface area contributed by atoms with E-state index in [0.29, 0.717) is 17.1 Å². The highest BCUT2D eigenvalue weighted by molar-refractivity contribution is 5.99. The van der Waals surface area contributed by atoms with Gasteiger partial charge in [0.05, 0.1) is 23.5 Å². The van der Waals surface area contributed by atoms with Gasteiger partial charge in [0, 0.05) is 17.7 Å². The number of carbonyl (C=O) groups is 2. The number of amides is 1. The fourth-order valence-electron chi connectivity index (χ4n) is 4.17. The van der Waals surface area contributed by atoms with Gasteiger partial charge in [-0.3, -0.25) is 9.59 Å². The predicted molar refractivity (Wildman–Crippen MR) is 135 cm³/mol. The Hall–Kier alpha value is -4.52. The summed E-state index contributed by atoms with van der Waals surface area (Å²) in [5.74, 6) is -1.08. The van der Waals surface area contributed by atoms with Gasteiger partial charge in [0.15, 0.2) is 6.61 Å². The molecule has 1 aliphatic rings. The quantitative estimate of drug-likeness (QED) is 0.380. The van der Waals surface area contributed by atoms with Gasteiger partial charge in [-0.1, -0.05) is 42.0 Å². The van der Waals surface area contributed by atoms with Crippen molar-refractivity contribution in [3.63, 3.8) is 0 Å². The number of aryl methyl sites for hydroxylation is 1. The van der Waals surface area contributed by atoms with Crippen LogP contribution in [0.25, 0.3) is 33.6 Å². The normalized spacial score (nSPS) is 12.7. The molecule has 36 heavy (non-hydrogen) atoms. The van der Waals surface area contributed by atoms with Crippen LogP contribution in [-0.4, -0.2) is 35.1 Å². The Kier molecular flexibility index (Phi) is 6.21. The van der Waals surface area contributed by atoms with E-state index in [0.717, 1.165) is 33.5 Å². The summed E-state index contributed by atoms with van der Waals surface area (Å²) in [6.07, 6.45) is -0.175. The van der Waals surface area contributed by atoms with E-state index in [9.17, 15) is 14.0 Å². The van der Waals surface area contributed by atoms with Crippen molar-refractivity contribution in [1.82, 2.24) is 4.98 Å².